The Hall–Kier alpha value is -4.07. The third kappa shape index (κ3) is 4.98. The van der Waals surface area contributed by atoms with Crippen LogP contribution in [0.1, 0.15) is 18.4 Å². The lowest BCUT2D eigenvalue weighted by molar-refractivity contribution is -0.125. The molecule has 36 heavy (non-hydrogen) atoms. The molecule has 4 aromatic rings. The van der Waals surface area contributed by atoms with Gasteiger partial charge in [-0.05, 0) is 48.7 Å². The number of aromatic nitrogens is 3. The number of methoxy groups -OCH3 is 1. The molecule has 1 fully saturated rings. The summed E-state index contributed by atoms with van der Waals surface area (Å²) in [6.07, 6.45) is 5.44. The van der Waals surface area contributed by atoms with Crippen molar-refractivity contribution >= 4 is 22.9 Å². The van der Waals surface area contributed by atoms with Gasteiger partial charge >= 0.3 is 0 Å². The van der Waals surface area contributed by atoms with E-state index in [1.165, 1.54) is 0 Å². The summed E-state index contributed by atoms with van der Waals surface area (Å²) in [6, 6.07) is 18.2. The van der Waals surface area contributed by atoms with E-state index in [-0.39, 0.29) is 11.8 Å². The van der Waals surface area contributed by atoms with Gasteiger partial charge in [0.05, 0.1) is 18.7 Å². The molecule has 8 nitrogen and oxygen atoms in total. The first-order valence-electron chi connectivity index (χ1n) is 12.3. The molecule has 0 spiro atoms. The van der Waals surface area contributed by atoms with Crippen LogP contribution in [0.2, 0.25) is 0 Å². The summed E-state index contributed by atoms with van der Waals surface area (Å²) in [7, 11) is 5.70. The average molecular weight is 485 g/mol. The summed E-state index contributed by atoms with van der Waals surface area (Å²) in [4.78, 5) is 22.0. The van der Waals surface area contributed by atoms with Crippen molar-refractivity contribution in [3.05, 3.63) is 72.6 Å². The van der Waals surface area contributed by atoms with Crippen molar-refractivity contribution in [2.75, 3.05) is 44.1 Å². The van der Waals surface area contributed by atoms with Crippen molar-refractivity contribution in [2.45, 2.75) is 19.4 Å². The summed E-state index contributed by atoms with van der Waals surface area (Å²) in [5.41, 5.74) is 5.01. The topological polar surface area (TPSA) is 75.0 Å². The molecular formula is C28H32N6O2. The number of nitrogens with one attached hydrogen (secondary N) is 1. The summed E-state index contributed by atoms with van der Waals surface area (Å²) < 4.78 is 7.23. The highest BCUT2D eigenvalue weighted by atomic mass is 16.5. The van der Waals surface area contributed by atoms with Crippen LogP contribution in [-0.4, -0.2) is 54.8 Å². The number of hydrogen-bond acceptors (Lipinski definition) is 6. The standard InChI is InChI=1S/C28H32N6O2/c1-32(2)23-11-9-20(10-12-23)18-30-28(35)22-7-5-14-33(19-22)27-26-17-25(31-34(26)15-13-29-27)21-6-4-8-24(16-21)36-3/h4,6,8-13,15-17,22H,5,7,14,18-19H2,1-3H3,(H,30,35). The number of ether oxygens (including phenoxy) is 1. The van der Waals surface area contributed by atoms with Gasteiger partial charge in [-0.2, -0.15) is 5.10 Å². The van der Waals surface area contributed by atoms with E-state index in [0.29, 0.717) is 13.1 Å². The number of carbonyl (C=O) groups is 1. The Balaban J connectivity index is 1.29. The van der Waals surface area contributed by atoms with E-state index in [4.69, 9.17) is 9.84 Å². The van der Waals surface area contributed by atoms with Crippen molar-refractivity contribution in [1.82, 2.24) is 19.9 Å². The zero-order valence-corrected chi connectivity index (χ0v) is 21.0. The molecule has 0 saturated carbocycles. The van der Waals surface area contributed by atoms with Crippen molar-refractivity contribution < 1.29 is 9.53 Å². The third-order valence-electron chi connectivity index (χ3n) is 6.75. The summed E-state index contributed by atoms with van der Waals surface area (Å²) >= 11 is 0. The summed E-state index contributed by atoms with van der Waals surface area (Å²) in [5.74, 6) is 1.66. The fraction of sp³-hybridized carbons (Fsp3) is 0.321. The van der Waals surface area contributed by atoms with Crippen LogP contribution in [0.4, 0.5) is 11.5 Å². The second-order valence-corrected chi connectivity index (χ2v) is 9.41. The van der Waals surface area contributed by atoms with Gasteiger partial charge < -0.3 is 19.9 Å². The fourth-order valence-corrected chi connectivity index (χ4v) is 4.70. The highest BCUT2D eigenvalue weighted by Gasteiger charge is 2.27. The zero-order valence-electron chi connectivity index (χ0n) is 21.0. The van der Waals surface area contributed by atoms with Crippen LogP contribution < -0.4 is 19.9 Å². The molecule has 5 rings (SSSR count). The molecule has 1 aliphatic heterocycles. The number of piperidine rings is 1. The molecule has 1 amide bonds. The SMILES string of the molecule is COc1cccc(-c2cc3c(N4CCCC(C(=O)NCc5ccc(N(C)C)cc5)C4)nccn3n2)c1. The third-order valence-corrected chi connectivity index (χ3v) is 6.75. The van der Waals surface area contributed by atoms with Gasteiger partial charge in [0.1, 0.15) is 11.3 Å². The average Bonchev–Trinajstić information content (AvgIpc) is 3.37. The van der Waals surface area contributed by atoms with E-state index in [1.54, 1.807) is 13.3 Å². The highest BCUT2D eigenvalue weighted by molar-refractivity contribution is 5.81. The number of amides is 1. The second kappa shape index (κ2) is 10.3. The first kappa shape index (κ1) is 23.7. The first-order valence-corrected chi connectivity index (χ1v) is 12.3. The molecule has 1 atom stereocenters. The molecule has 1 N–H and O–H groups in total. The van der Waals surface area contributed by atoms with Crippen molar-refractivity contribution in [3.63, 3.8) is 0 Å². The maximum atomic E-state index is 13.0. The van der Waals surface area contributed by atoms with E-state index in [0.717, 1.165) is 59.0 Å². The van der Waals surface area contributed by atoms with Crippen LogP contribution >= 0.6 is 0 Å². The minimum Gasteiger partial charge on any atom is -0.497 e. The lowest BCUT2D eigenvalue weighted by Crippen LogP contribution is -2.43. The van der Waals surface area contributed by atoms with Crippen molar-refractivity contribution in [2.24, 2.45) is 5.92 Å². The number of benzene rings is 2. The van der Waals surface area contributed by atoms with E-state index in [1.807, 2.05) is 49.1 Å². The van der Waals surface area contributed by atoms with Gasteiger partial charge in [0.25, 0.3) is 0 Å². The van der Waals surface area contributed by atoms with Crippen LogP contribution in [0.15, 0.2) is 67.0 Å². The van der Waals surface area contributed by atoms with Gasteiger partial charge in [-0.3, -0.25) is 4.79 Å². The maximum absolute atomic E-state index is 13.0. The Bertz CT molecular complexity index is 1350. The Kier molecular flexibility index (Phi) is 6.75. The first-order chi connectivity index (χ1) is 17.5. The van der Waals surface area contributed by atoms with Crippen LogP contribution in [0.3, 0.4) is 0 Å². The number of rotatable bonds is 7. The van der Waals surface area contributed by atoms with E-state index in [2.05, 4.69) is 50.4 Å². The van der Waals surface area contributed by atoms with Crippen LogP contribution in [0, 0.1) is 5.92 Å². The number of fused-ring (bicyclic) bond motifs is 1. The smallest absolute Gasteiger partial charge is 0.225 e. The number of hydrogen-bond donors (Lipinski definition) is 1. The largest absolute Gasteiger partial charge is 0.497 e. The summed E-state index contributed by atoms with van der Waals surface area (Å²) in [5, 5.41) is 7.89. The number of anilines is 2. The minimum atomic E-state index is -0.0809. The summed E-state index contributed by atoms with van der Waals surface area (Å²) in [6.45, 7) is 2.03. The molecule has 0 bridgehead atoms. The molecule has 0 radical (unpaired) electrons. The lowest BCUT2D eigenvalue weighted by atomic mass is 9.97. The lowest BCUT2D eigenvalue weighted by Gasteiger charge is -2.33. The second-order valence-electron chi connectivity index (χ2n) is 9.41. The minimum absolute atomic E-state index is 0.0809. The molecular weight excluding hydrogens is 452 g/mol. The molecule has 186 valence electrons. The Morgan fingerprint density at radius 3 is 2.78 bits per heavy atom. The van der Waals surface area contributed by atoms with Crippen LogP contribution in [0.5, 0.6) is 5.75 Å². The quantitative estimate of drug-likeness (QED) is 0.427. The fourth-order valence-electron chi connectivity index (χ4n) is 4.70. The predicted octanol–water partition coefficient (Wildman–Crippen LogP) is 4.00. The zero-order chi connectivity index (χ0) is 25.1. The molecule has 2 aromatic carbocycles. The maximum Gasteiger partial charge on any atom is 0.225 e. The van der Waals surface area contributed by atoms with Crippen molar-refractivity contribution in [3.8, 4) is 17.0 Å². The van der Waals surface area contributed by atoms with E-state index in [9.17, 15) is 4.79 Å². The monoisotopic (exact) mass is 484 g/mol. The Labute approximate surface area is 211 Å². The highest BCUT2D eigenvalue weighted by Crippen LogP contribution is 2.29. The van der Waals surface area contributed by atoms with Gasteiger partial charge in [0.15, 0.2) is 5.82 Å². The van der Waals surface area contributed by atoms with E-state index < -0.39 is 0 Å². The van der Waals surface area contributed by atoms with E-state index >= 15 is 0 Å². The molecule has 1 unspecified atom stereocenters. The molecule has 3 heterocycles. The van der Waals surface area contributed by atoms with Crippen LogP contribution in [0.25, 0.3) is 16.8 Å². The van der Waals surface area contributed by atoms with Gasteiger partial charge in [-0.1, -0.05) is 24.3 Å². The predicted molar refractivity (Wildman–Crippen MR) is 143 cm³/mol. The van der Waals surface area contributed by atoms with Gasteiger partial charge in [0.2, 0.25) is 5.91 Å². The van der Waals surface area contributed by atoms with Gasteiger partial charge in [0, 0.05) is 57.4 Å². The van der Waals surface area contributed by atoms with Gasteiger partial charge in [-0.15, -0.1) is 0 Å². The number of carbonyl (C=O) groups excluding carboxylic acids is 1. The molecule has 1 aliphatic rings. The van der Waals surface area contributed by atoms with Gasteiger partial charge in [-0.25, -0.2) is 9.50 Å². The van der Waals surface area contributed by atoms with Crippen molar-refractivity contribution in [1.29, 1.82) is 0 Å². The Morgan fingerprint density at radius 1 is 1.17 bits per heavy atom. The Morgan fingerprint density at radius 2 is 2.00 bits per heavy atom. The molecule has 0 aliphatic carbocycles. The molecule has 2 aromatic heterocycles. The number of nitrogens with zero attached hydrogens (tertiary/aromatic N) is 5. The normalized spacial score (nSPS) is 15.6. The van der Waals surface area contributed by atoms with Crippen LogP contribution in [-0.2, 0) is 11.3 Å². The molecule has 8 heteroatoms. The molecule has 1 saturated heterocycles.